The van der Waals surface area contributed by atoms with E-state index in [0.29, 0.717) is 25.3 Å². The molecule has 1 aromatic rings. The largest absolute Gasteiger partial charge is 0.573 e. The van der Waals surface area contributed by atoms with Crippen molar-refractivity contribution in [2.75, 3.05) is 6.54 Å². The van der Waals surface area contributed by atoms with Gasteiger partial charge in [0.25, 0.3) is 0 Å². The summed E-state index contributed by atoms with van der Waals surface area (Å²) in [6.07, 6.45) is 2.59. The highest BCUT2D eigenvalue weighted by Crippen LogP contribution is 2.23. The molecule has 120 valence electrons. The molecule has 1 N–H and O–H groups in total. The van der Waals surface area contributed by atoms with Gasteiger partial charge in [0.2, 0.25) is 5.91 Å². The number of halogens is 3. The van der Waals surface area contributed by atoms with Gasteiger partial charge in [-0.3, -0.25) is 4.79 Å². The first-order valence-corrected chi connectivity index (χ1v) is 7.20. The number of hydrogen-bond acceptors (Lipinski definition) is 2. The lowest BCUT2D eigenvalue weighted by Crippen LogP contribution is -2.27. The molecule has 0 unspecified atom stereocenters. The number of carbonyl (C=O) groups is 1. The van der Waals surface area contributed by atoms with Gasteiger partial charge in [-0.2, -0.15) is 0 Å². The van der Waals surface area contributed by atoms with Gasteiger partial charge in [-0.1, -0.05) is 24.3 Å². The maximum absolute atomic E-state index is 12.0. The summed E-state index contributed by atoms with van der Waals surface area (Å²) >= 11 is 0. The molecule has 0 fully saturated rings. The van der Waals surface area contributed by atoms with E-state index in [0.717, 1.165) is 18.4 Å². The van der Waals surface area contributed by atoms with Crippen molar-refractivity contribution in [3.8, 4) is 5.75 Å². The van der Waals surface area contributed by atoms with Crippen LogP contribution < -0.4 is 10.1 Å². The molecule has 0 aliphatic heterocycles. The van der Waals surface area contributed by atoms with Crippen LogP contribution in [-0.4, -0.2) is 18.8 Å². The van der Waals surface area contributed by atoms with Crippen molar-refractivity contribution >= 4 is 5.91 Å². The minimum absolute atomic E-state index is 0.00794. The highest BCUT2D eigenvalue weighted by molar-refractivity contribution is 5.76. The maximum Gasteiger partial charge on any atom is 0.573 e. The van der Waals surface area contributed by atoms with Crippen LogP contribution in [-0.2, 0) is 11.2 Å². The van der Waals surface area contributed by atoms with Crippen LogP contribution in [0.15, 0.2) is 36.4 Å². The summed E-state index contributed by atoms with van der Waals surface area (Å²) in [6.45, 7) is 0.467. The third-order valence-corrected chi connectivity index (χ3v) is 3.45. The number of nitrogens with one attached hydrogen (secondary N) is 1. The zero-order valence-electron chi connectivity index (χ0n) is 12.0. The number of hydrogen-bond donors (Lipinski definition) is 1. The summed E-state index contributed by atoms with van der Waals surface area (Å²) in [7, 11) is 0. The van der Waals surface area contributed by atoms with E-state index in [-0.39, 0.29) is 11.7 Å². The zero-order chi connectivity index (χ0) is 16.0. The molecule has 0 heterocycles. The van der Waals surface area contributed by atoms with Gasteiger partial charge >= 0.3 is 6.36 Å². The lowest BCUT2D eigenvalue weighted by atomic mass is 10.1. The number of allylic oxidation sites excluding steroid dienone is 2. The van der Waals surface area contributed by atoms with E-state index in [1.165, 1.54) is 12.1 Å². The molecular weight excluding hydrogens is 295 g/mol. The van der Waals surface area contributed by atoms with E-state index >= 15 is 0 Å². The summed E-state index contributed by atoms with van der Waals surface area (Å²) < 4.78 is 39.9. The molecular formula is C16H18F3NO2. The standard InChI is InChI=1S/C16H18F3NO2/c17-16(18,19)22-14-7-5-12(6-8-14)9-10-20-15(21)11-13-3-1-2-4-13/h1,3,5-8,13H,2,4,9-11H2,(H,20,21)/t13-/m0/s1. The second-order valence-electron chi connectivity index (χ2n) is 5.26. The smallest absolute Gasteiger partial charge is 0.406 e. The van der Waals surface area contributed by atoms with Crippen LogP contribution >= 0.6 is 0 Å². The van der Waals surface area contributed by atoms with E-state index in [2.05, 4.69) is 22.2 Å². The molecule has 6 heteroatoms. The van der Waals surface area contributed by atoms with Crippen LogP contribution in [0.1, 0.15) is 24.8 Å². The molecule has 0 spiro atoms. The molecule has 22 heavy (non-hydrogen) atoms. The molecule has 3 nitrogen and oxygen atoms in total. The van der Waals surface area contributed by atoms with Crippen molar-refractivity contribution < 1.29 is 22.7 Å². The van der Waals surface area contributed by atoms with Crippen molar-refractivity contribution in [1.82, 2.24) is 5.32 Å². The van der Waals surface area contributed by atoms with Gasteiger partial charge in [0, 0.05) is 13.0 Å². The number of amides is 1. The molecule has 0 radical (unpaired) electrons. The molecule has 0 saturated heterocycles. The molecule has 1 aliphatic carbocycles. The van der Waals surface area contributed by atoms with Crippen molar-refractivity contribution in [1.29, 1.82) is 0 Å². The first-order valence-electron chi connectivity index (χ1n) is 7.20. The van der Waals surface area contributed by atoms with Crippen LogP contribution in [0.2, 0.25) is 0 Å². The fourth-order valence-electron chi connectivity index (χ4n) is 2.38. The van der Waals surface area contributed by atoms with Gasteiger partial charge < -0.3 is 10.1 Å². The summed E-state index contributed by atoms with van der Waals surface area (Å²) in [5.74, 6) is 0.0979. The maximum atomic E-state index is 12.0. The van der Waals surface area contributed by atoms with Gasteiger partial charge in [-0.25, -0.2) is 0 Å². The van der Waals surface area contributed by atoms with Crippen LogP contribution in [0.25, 0.3) is 0 Å². The molecule has 0 aromatic heterocycles. The average molecular weight is 313 g/mol. The Hall–Kier alpha value is -1.98. The molecule has 0 saturated carbocycles. The average Bonchev–Trinajstić information content (AvgIpc) is 2.92. The van der Waals surface area contributed by atoms with E-state index in [1.807, 2.05) is 0 Å². The Balaban J connectivity index is 1.70. The second-order valence-corrected chi connectivity index (χ2v) is 5.26. The lowest BCUT2D eigenvalue weighted by Gasteiger charge is -2.10. The number of ether oxygens (including phenoxy) is 1. The predicted octanol–water partition coefficient (Wildman–Crippen LogP) is 3.60. The van der Waals surface area contributed by atoms with Crippen molar-refractivity contribution in [2.45, 2.75) is 32.0 Å². The van der Waals surface area contributed by atoms with Crippen LogP contribution in [0.3, 0.4) is 0 Å². The lowest BCUT2D eigenvalue weighted by molar-refractivity contribution is -0.274. The van der Waals surface area contributed by atoms with Gasteiger partial charge in [0.15, 0.2) is 0 Å². The summed E-state index contributed by atoms with van der Waals surface area (Å²) in [5, 5.41) is 2.83. The fourth-order valence-corrected chi connectivity index (χ4v) is 2.38. The Morgan fingerprint density at radius 3 is 2.59 bits per heavy atom. The Morgan fingerprint density at radius 2 is 2.00 bits per heavy atom. The fraction of sp³-hybridized carbons (Fsp3) is 0.438. The SMILES string of the molecule is O=C(C[C@H]1C=CCC1)NCCc1ccc(OC(F)(F)F)cc1. The Labute approximate surface area is 127 Å². The Bertz CT molecular complexity index is 523. The number of carbonyl (C=O) groups excluding carboxylic acids is 1. The molecule has 1 amide bonds. The highest BCUT2D eigenvalue weighted by Gasteiger charge is 2.30. The third-order valence-electron chi connectivity index (χ3n) is 3.45. The third kappa shape index (κ3) is 5.79. The van der Waals surface area contributed by atoms with Crippen LogP contribution in [0.4, 0.5) is 13.2 Å². The normalized spacial score (nSPS) is 17.5. The van der Waals surface area contributed by atoms with E-state index in [1.54, 1.807) is 12.1 Å². The van der Waals surface area contributed by atoms with Gasteiger partial charge in [0.05, 0.1) is 0 Å². The van der Waals surface area contributed by atoms with Gasteiger partial charge in [-0.15, -0.1) is 13.2 Å². The Kier molecular flexibility index (Phi) is 5.46. The van der Waals surface area contributed by atoms with Crippen molar-refractivity contribution in [3.63, 3.8) is 0 Å². The van der Waals surface area contributed by atoms with Crippen molar-refractivity contribution in [2.24, 2.45) is 5.92 Å². The highest BCUT2D eigenvalue weighted by atomic mass is 19.4. The van der Waals surface area contributed by atoms with Crippen LogP contribution in [0.5, 0.6) is 5.75 Å². The molecule has 2 rings (SSSR count). The summed E-state index contributed by atoms with van der Waals surface area (Å²) in [5.41, 5.74) is 0.843. The monoisotopic (exact) mass is 313 g/mol. The summed E-state index contributed by atoms with van der Waals surface area (Å²) in [6, 6.07) is 5.67. The minimum atomic E-state index is -4.68. The van der Waals surface area contributed by atoms with E-state index < -0.39 is 6.36 Å². The van der Waals surface area contributed by atoms with E-state index in [9.17, 15) is 18.0 Å². The van der Waals surface area contributed by atoms with Crippen LogP contribution in [0, 0.1) is 5.92 Å². The predicted molar refractivity (Wildman–Crippen MR) is 76.3 cm³/mol. The number of benzene rings is 1. The zero-order valence-corrected chi connectivity index (χ0v) is 12.0. The van der Waals surface area contributed by atoms with Gasteiger partial charge in [-0.05, 0) is 42.9 Å². The number of alkyl halides is 3. The molecule has 1 aliphatic rings. The number of rotatable bonds is 6. The van der Waals surface area contributed by atoms with E-state index in [4.69, 9.17) is 0 Å². The first kappa shape index (κ1) is 16.4. The molecule has 0 bridgehead atoms. The molecule has 1 aromatic carbocycles. The topological polar surface area (TPSA) is 38.3 Å². The minimum Gasteiger partial charge on any atom is -0.406 e. The molecule has 1 atom stereocenters. The van der Waals surface area contributed by atoms with Crippen molar-refractivity contribution in [3.05, 3.63) is 42.0 Å². The first-order chi connectivity index (χ1) is 10.4. The quantitative estimate of drug-likeness (QED) is 0.815. The van der Waals surface area contributed by atoms with Gasteiger partial charge in [0.1, 0.15) is 5.75 Å². The Morgan fingerprint density at radius 1 is 1.27 bits per heavy atom. The summed E-state index contributed by atoms with van der Waals surface area (Å²) in [4.78, 5) is 11.7. The second kappa shape index (κ2) is 7.33.